The fourth-order valence-electron chi connectivity index (χ4n) is 6.94. The number of hydrogen-bond donors (Lipinski definition) is 0. The Morgan fingerprint density at radius 1 is 0.830 bits per heavy atom. The van der Waals surface area contributed by atoms with E-state index < -0.39 is 96.2 Å². The first-order chi connectivity index (χ1) is 21.0. The van der Waals surface area contributed by atoms with Gasteiger partial charge in [-0.05, 0) is 57.3 Å². The highest BCUT2D eigenvalue weighted by Gasteiger charge is 2.90. The van der Waals surface area contributed by atoms with E-state index in [1.54, 1.807) is 0 Å². The summed E-state index contributed by atoms with van der Waals surface area (Å²) in [5.74, 6) is -21.7. The van der Waals surface area contributed by atoms with E-state index in [9.17, 15) is 71.5 Å². The molecule has 3 unspecified atom stereocenters. The smallest absolute Gasteiger partial charge is 0.461 e. The van der Waals surface area contributed by atoms with Crippen LogP contribution in [0.4, 0.5) is 61.9 Å². The summed E-state index contributed by atoms with van der Waals surface area (Å²) < 4.78 is 196. The van der Waals surface area contributed by atoms with Gasteiger partial charge in [0.2, 0.25) is 0 Å². The highest BCUT2D eigenvalue weighted by atomic mass is 19.4. The van der Waals surface area contributed by atoms with Gasteiger partial charge in [-0.3, -0.25) is 0 Å². The topological polar surface area (TPSA) is 88.1 Å². The first-order valence-electron chi connectivity index (χ1n) is 13.9. The highest BCUT2D eigenvalue weighted by Crippen LogP contribution is 2.63. The van der Waals surface area contributed by atoms with Crippen LogP contribution in [0.5, 0.6) is 0 Å². The molecule has 4 saturated carbocycles. The van der Waals surface area contributed by atoms with Crippen molar-refractivity contribution in [1.29, 1.82) is 0 Å². The molecule has 0 aromatic carbocycles. The van der Waals surface area contributed by atoms with Gasteiger partial charge in [0.05, 0.1) is 13.0 Å². The molecule has 4 bridgehead atoms. The molecule has 7 nitrogen and oxygen atoms in total. The van der Waals surface area contributed by atoms with Gasteiger partial charge in [-0.1, -0.05) is 6.58 Å². The maximum absolute atomic E-state index is 14.7. The fourth-order valence-corrected chi connectivity index (χ4v) is 6.94. The summed E-state index contributed by atoms with van der Waals surface area (Å²) >= 11 is 0. The van der Waals surface area contributed by atoms with Crippen LogP contribution in [0.2, 0.25) is 0 Å². The van der Waals surface area contributed by atoms with Gasteiger partial charge in [-0.15, -0.1) is 0 Å². The maximum Gasteiger partial charge on any atom is 0.509 e. The van der Waals surface area contributed by atoms with Crippen LogP contribution < -0.4 is 0 Å². The van der Waals surface area contributed by atoms with Gasteiger partial charge in [0.1, 0.15) is 18.3 Å². The van der Waals surface area contributed by atoms with Crippen LogP contribution in [0.1, 0.15) is 58.8 Å². The molecule has 0 aromatic rings. The average molecular weight is 712 g/mol. The van der Waals surface area contributed by atoms with Gasteiger partial charge >= 0.3 is 53.9 Å². The number of alkyl halides is 13. The van der Waals surface area contributed by atoms with Crippen LogP contribution in [0.3, 0.4) is 0 Å². The Labute approximate surface area is 258 Å². The Morgan fingerprint density at radius 2 is 1.34 bits per heavy atom. The molecule has 0 radical (unpaired) electrons. The number of esters is 2. The monoisotopic (exact) mass is 712 g/mol. The molecule has 0 N–H and O–H groups in total. The van der Waals surface area contributed by atoms with Crippen molar-refractivity contribution in [2.24, 2.45) is 17.3 Å². The van der Waals surface area contributed by atoms with E-state index in [1.165, 1.54) is 0 Å². The average Bonchev–Trinajstić information content (AvgIpc) is 2.86. The molecule has 47 heavy (non-hydrogen) atoms. The molecule has 0 saturated heterocycles. The Hall–Kier alpha value is -2.96. The lowest BCUT2D eigenvalue weighted by atomic mass is 9.48. The Bertz CT molecular complexity index is 1210. The predicted octanol–water partition coefficient (Wildman–Crippen LogP) is 7.66. The van der Waals surface area contributed by atoms with Crippen molar-refractivity contribution in [3.8, 4) is 0 Å². The van der Waals surface area contributed by atoms with E-state index in [-0.39, 0.29) is 31.1 Å². The van der Waals surface area contributed by atoms with Crippen molar-refractivity contribution in [3.63, 3.8) is 0 Å². The van der Waals surface area contributed by atoms with Crippen LogP contribution in [-0.4, -0.2) is 78.8 Å². The number of hydrogen-bond acceptors (Lipinski definition) is 7. The third-order valence-electron chi connectivity index (χ3n) is 8.47. The standard InChI is InChI=1S/C27H29F13O7/c1-13(2)17(41)44-10-16(9-23(30,31)25(33,34)24(32,26(35,36)37)27(38,39)40)46-19(43)47-22-7-14-4-15(8-22)6-21(5-14,11-22)12-45-18(42)20(3,28)29/h14-16H,1,4-12H2,2-3H3. The Kier molecular flexibility index (Phi) is 9.97. The van der Waals surface area contributed by atoms with Crippen molar-refractivity contribution in [3.05, 3.63) is 12.2 Å². The van der Waals surface area contributed by atoms with Crippen molar-refractivity contribution >= 4 is 18.1 Å². The molecule has 3 atom stereocenters. The molecule has 4 rings (SSSR count). The van der Waals surface area contributed by atoms with E-state index >= 15 is 0 Å². The summed E-state index contributed by atoms with van der Waals surface area (Å²) in [4.78, 5) is 36.2. The zero-order valence-corrected chi connectivity index (χ0v) is 24.6. The van der Waals surface area contributed by atoms with Crippen LogP contribution in [0, 0.1) is 17.3 Å². The maximum atomic E-state index is 14.7. The molecule has 0 spiro atoms. The highest BCUT2D eigenvalue weighted by molar-refractivity contribution is 5.86. The summed E-state index contributed by atoms with van der Waals surface area (Å²) in [6.07, 6.45) is -21.7. The van der Waals surface area contributed by atoms with Gasteiger partial charge in [0, 0.05) is 17.9 Å². The van der Waals surface area contributed by atoms with Crippen LogP contribution in [0.25, 0.3) is 0 Å². The minimum absolute atomic E-state index is 0.0866. The first-order valence-corrected chi connectivity index (χ1v) is 13.9. The second-order valence-electron chi connectivity index (χ2n) is 12.7. The van der Waals surface area contributed by atoms with E-state index in [0.29, 0.717) is 26.2 Å². The molecule has 270 valence electrons. The van der Waals surface area contributed by atoms with Gasteiger partial charge in [0.15, 0.2) is 0 Å². The molecule has 0 heterocycles. The molecule has 0 amide bonds. The van der Waals surface area contributed by atoms with Crippen molar-refractivity contribution < 1.29 is 90.4 Å². The molecule has 4 fully saturated rings. The molecule has 0 aromatic heterocycles. The largest absolute Gasteiger partial charge is 0.509 e. The van der Waals surface area contributed by atoms with E-state index in [2.05, 4.69) is 16.1 Å². The summed E-state index contributed by atoms with van der Waals surface area (Å²) in [5.41, 5.74) is -10.7. The minimum atomic E-state index is -7.77. The summed E-state index contributed by atoms with van der Waals surface area (Å²) in [6, 6.07) is 0. The Morgan fingerprint density at radius 3 is 1.79 bits per heavy atom. The molecule has 20 heteroatoms. The summed E-state index contributed by atoms with van der Waals surface area (Å²) in [7, 11) is 0. The van der Waals surface area contributed by atoms with Gasteiger partial charge in [-0.25, -0.2) is 18.8 Å². The fraction of sp³-hybridized carbons (Fsp3) is 0.815. The Balaban J connectivity index is 1.85. The molecule has 4 aliphatic rings. The van der Waals surface area contributed by atoms with E-state index in [4.69, 9.17) is 9.47 Å². The third kappa shape index (κ3) is 7.54. The minimum Gasteiger partial charge on any atom is -0.461 e. The van der Waals surface area contributed by atoms with E-state index in [0.717, 1.165) is 6.92 Å². The molecular formula is C27H29F13O7. The van der Waals surface area contributed by atoms with Gasteiger partial charge in [0.25, 0.3) is 0 Å². The number of ether oxygens (including phenoxy) is 4. The normalized spacial score (nSPS) is 27.2. The quantitative estimate of drug-likeness (QED) is 0.0889. The van der Waals surface area contributed by atoms with Crippen LogP contribution in [0.15, 0.2) is 12.2 Å². The first kappa shape index (κ1) is 38.5. The zero-order valence-electron chi connectivity index (χ0n) is 24.6. The lowest BCUT2D eigenvalue weighted by molar-refractivity contribution is -0.428. The lowest BCUT2D eigenvalue weighted by Gasteiger charge is -2.60. The predicted molar refractivity (Wildman–Crippen MR) is 129 cm³/mol. The van der Waals surface area contributed by atoms with Crippen molar-refractivity contribution in [2.75, 3.05) is 13.2 Å². The van der Waals surface area contributed by atoms with Crippen molar-refractivity contribution in [2.45, 2.75) is 106 Å². The van der Waals surface area contributed by atoms with E-state index in [1.807, 2.05) is 0 Å². The van der Waals surface area contributed by atoms with Gasteiger partial charge < -0.3 is 18.9 Å². The zero-order chi connectivity index (χ0) is 36.2. The second kappa shape index (κ2) is 12.2. The van der Waals surface area contributed by atoms with Crippen molar-refractivity contribution in [1.82, 2.24) is 0 Å². The number of carbonyl (C=O) groups excluding carboxylic acids is 3. The molecule has 0 aliphatic heterocycles. The van der Waals surface area contributed by atoms with Crippen LogP contribution in [-0.2, 0) is 28.5 Å². The van der Waals surface area contributed by atoms with Gasteiger partial charge in [-0.2, -0.15) is 52.7 Å². The summed E-state index contributed by atoms with van der Waals surface area (Å²) in [5, 5.41) is 0. The molecular weight excluding hydrogens is 683 g/mol. The number of carbonyl (C=O) groups is 3. The lowest BCUT2D eigenvalue weighted by Crippen LogP contribution is -2.70. The third-order valence-corrected chi connectivity index (χ3v) is 8.47. The SMILES string of the molecule is C=C(C)C(=O)OCC(CC(F)(F)C(F)(F)C(F)(C(F)(F)F)C(F)(F)F)OC(=O)OC12CC3CC(CC(COC(=O)C(C)(F)F)(C3)C1)C2. The molecule has 4 aliphatic carbocycles. The number of rotatable bonds is 12. The van der Waals surface area contributed by atoms with Crippen LogP contribution >= 0.6 is 0 Å². The number of halogens is 13. The second-order valence-corrected chi connectivity index (χ2v) is 12.7. The summed E-state index contributed by atoms with van der Waals surface area (Å²) in [6.45, 7) is 2.25.